The molecular weight excluding hydrogens is 486 g/mol. The first-order valence-electron chi connectivity index (χ1n) is 11.5. The number of methoxy groups -OCH3 is 2. The fourth-order valence-electron chi connectivity index (χ4n) is 4.02. The maximum absolute atomic E-state index is 13.3. The third-order valence-electron chi connectivity index (χ3n) is 5.94. The van der Waals surface area contributed by atoms with Crippen molar-refractivity contribution < 1.29 is 9.47 Å². The lowest BCUT2D eigenvalue weighted by atomic mass is 10.1. The van der Waals surface area contributed by atoms with Gasteiger partial charge in [0.25, 0.3) is 5.56 Å². The van der Waals surface area contributed by atoms with Crippen LogP contribution in [0.4, 0.5) is 0 Å². The van der Waals surface area contributed by atoms with E-state index in [0.29, 0.717) is 15.3 Å². The molecule has 0 atom stereocenters. The Morgan fingerprint density at radius 2 is 1.46 bits per heavy atom. The fraction of sp³-hybridized carbons (Fsp3) is 0.0714. The average Bonchev–Trinajstić information content (AvgIpc) is 3.64. The molecule has 3 aromatic carbocycles. The van der Waals surface area contributed by atoms with Crippen LogP contribution in [0.15, 0.2) is 89.9 Å². The van der Waals surface area contributed by atoms with Gasteiger partial charge in [0.15, 0.2) is 5.82 Å². The first kappa shape index (κ1) is 22.7. The molecule has 0 bridgehead atoms. The van der Waals surface area contributed by atoms with Crippen molar-refractivity contribution in [2.75, 3.05) is 14.2 Å². The Balaban J connectivity index is 1.45. The van der Waals surface area contributed by atoms with Gasteiger partial charge in [-0.15, -0.1) is 5.10 Å². The van der Waals surface area contributed by atoms with E-state index in [2.05, 4.69) is 10.1 Å². The maximum atomic E-state index is 13.3. The number of fused-ring (bicyclic) bond motifs is 1. The van der Waals surface area contributed by atoms with Crippen LogP contribution in [0, 0.1) is 0 Å². The molecule has 6 aromatic rings. The lowest BCUT2D eigenvalue weighted by molar-refractivity contribution is 0.415. The predicted octanol–water partition coefficient (Wildman–Crippen LogP) is 4.24. The van der Waals surface area contributed by atoms with Crippen molar-refractivity contribution in [3.05, 3.63) is 106 Å². The normalized spacial score (nSPS) is 11.8. The Bertz CT molecular complexity index is 1800. The predicted molar refractivity (Wildman–Crippen MR) is 143 cm³/mol. The highest BCUT2D eigenvalue weighted by Gasteiger charge is 2.15. The molecule has 0 fully saturated rings. The first-order valence-corrected chi connectivity index (χ1v) is 12.3. The monoisotopic (exact) mass is 507 g/mol. The number of para-hydroxylation sites is 1. The number of thiazole rings is 1. The molecule has 3 heterocycles. The second-order valence-corrected chi connectivity index (χ2v) is 9.22. The van der Waals surface area contributed by atoms with Crippen LogP contribution >= 0.6 is 11.3 Å². The van der Waals surface area contributed by atoms with Crippen molar-refractivity contribution in [1.82, 2.24) is 24.4 Å². The summed E-state index contributed by atoms with van der Waals surface area (Å²) in [5.41, 5.74) is 3.99. The van der Waals surface area contributed by atoms with E-state index in [1.807, 2.05) is 95.8 Å². The van der Waals surface area contributed by atoms with Crippen LogP contribution in [-0.4, -0.2) is 38.6 Å². The van der Waals surface area contributed by atoms with Gasteiger partial charge >= 0.3 is 0 Å². The lowest BCUT2D eigenvalue weighted by Crippen LogP contribution is -2.23. The smallest absolute Gasteiger partial charge is 0.291 e. The van der Waals surface area contributed by atoms with Gasteiger partial charge < -0.3 is 9.47 Å². The van der Waals surface area contributed by atoms with E-state index in [9.17, 15) is 4.79 Å². The largest absolute Gasteiger partial charge is 0.497 e. The summed E-state index contributed by atoms with van der Waals surface area (Å²) in [6.45, 7) is 0. The van der Waals surface area contributed by atoms with Crippen LogP contribution < -0.4 is 19.6 Å². The minimum Gasteiger partial charge on any atom is -0.497 e. The summed E-state index contributed by atoms with van der Waals surface area (Å²) in [5.74, 6) is 2.00. The Hall–Kier alpha value is -4.76. The molecule has 0 radical (unpaired) electrons. The number of benzene rings is 3. The van der Waals surface area contributed by atoms with Crippen molar-refractivity contribution >= 4 is 22.4 Å². The highest BCUT2D eigenvalue weighted by molar-refractivity contribution is 7.15. The zero-order valence-electron chi connectivity index (χ0n) is 20.0. The Morgan fingerprint density at radius 3 is 2.08 bits per heavy atom. The van der Waals surface area contributed by atoms with Crippen LogP contribution in [0.3, 0.4) is 0 Å². The maximum Gasteiger partial charge on any atom is 0.291 e. The number of hydrogen-bond acceptors (Lipinski definition) is 7. The molecule has 9 heteroatoms. The first-order chi connectivity index (χ1) is 18.1. The van der Waals surface area contributed by atoms with Gasteiger partial charge in [-0.3, -0.25) is 4.79 Å². The van der Waals surface area contributed by atoms with Gasteiger partial charge in [0.05, 0.1) is 24.4 Å². The molecule has 182 valence electrons. The summed E-state index contributed by atoms with van der Waals surface area (Å²) in [4.78, 5) is 18.4. The lowest BCUT2D eigenvalue weighted by Gasteiger charge is -2.02. The highest BCUT2D eigenvalue weighted by Crippen LogP contribution is 2.26. The molecule has 0 aliphatic heterocycles. The third kappa shape index (κ3) is 4.25. The van der Waals surface area contributed by atoms with Crippen molar-refractivity contribution in [2.24, 2.45) is 0 Å². The van der Waals surface area contributed by atoms with Crippen molar-refractivity contribution in [1.29, 1.82) is 0 Å². The minimum atomic E-state index is -0.222. The average molecular weight is 508 g/mol. The van der Waals surface area contributed by atoms with Gasteiger partial charge in [0.2, 0.25) is 4.96 Å². The van der Waals surface area contributed by atoms with Crippen molar-refractivity contribution in [2.45, 2.75) is 0 Å². The van der Waals surface area contributed by atoms with Crippen molar-refractivity contribution in [3.63, 3.8) is 0 Å². The molecule has 0 aliphatic carbocycles. The SMILES string of the molecule is COc1ccc(-c2nc3s/c(=C\c4cn(-c5ccccc5)nc4-c4ccc(OC)cc4)c(=O)n3n2)cc1. The Morgan fingerprint density at radius 1 is 0.811 bits per heavy atom. The molecule has 0 unspecified atom stereocenters. The van der Waals surface area contributed by atoms with Gasteiger partial charge in [-0.25, -0.2) is 4.68 Å². The summed E-state index contributed by atoms with van der Waals surface area (Å²) in [5, 5.41) is 9.30. The second-order valence-electron chi connectivity index (χ2n) is 8.22. The topological polar surface area (TPSA) is 83.5 Å². The summed E-state index contributed by atoms with van der Waals surface area (Å²) in [6, 6.07) is 25.0. The number of aromatic nitrogens is 5. The van der Waals surface area contributed by atoms with Crippen LogP contribution in [0.5, 0.6) is 11.5 Å². The van der Waals surface area contributed by atoms with Crippen LogP contribution in [0.1, 0.15) is 5.56 Å². The van der Waals surface area contributed by atoms with Gasteiger partial charge in [-0.05, 0) is 66.7 Å². The summed E-state index contributed by atoms with van der Waals surface area (Å²) in [7, 11) is 3.25. The molecule has 0 aliphatic rings. The summed E-state index contributed by atoms with van der Waals surface area (Å²) in [6.07, 6.45) is 3.77. The highest BCUT2D eigenvalue weighted by atomic mass is 32.1. The van der Waals surface area contributed by atoms with Gasteiger partial charge in [0, 0.05) is 22.9 Å². The molecule has 0 spiro atoms. The molecular formula is C28H21N5O3S. The Labute approximate surface area is 215 Å². The van der Waals surface area contributed by atoms with Crippen LogP contribution in [0.25, 0.3) is 39.4 Å². The van der Waals surface area contributed by atoms with Gasteiger partial charge in [-0.1, -0.05) is 29.5 Å². The fourth-order valence-corrected chi connectivity index (χ4v) is 4.92. The number of ether oxygens (including phenoxy) is 2. The van der Waals surface area contributed by atoms with Gasteiger partial charge in [-0.2, -0.15) is 14.6 Å². The van der Waals surface area contributed by atoms with E-state index < -0.39 is 0 Å². The zero-order chi connectivity index (χ0) is 25.4. The van der Waals surface area contributed by atoms with Crippen molar-refractivity contribution in [3.8, 4) is 39.8 Å². The summed E-state index contributed by atoms with van der Waals surface area (Å²) < 4.78 is 14.2. The number of nitrogens with zero attached hydrogens (tertiary/aromatic N) is 5. The molecule has 8 nitrogen and oxygen atoms in total. The minimum absolute atomic E-state index is 0.222. The number of hydrogen-bond donors (Lipinski definition) is 0. The molecule has 37 heavy (non-hydrogen) atoms. The second kappa shape index (κ2) is 9.36. The van der Waals surface area contributed by atoms with E-state index in [1.165, 1.54) is 15.9 Å². The van der Waals surface area contributed by atoms with Gasteiger partial charge in [0.1, 0.15) is 17.2 Å². The molecule has 3 aromatic heterocycles. The molecule has 0 amide bonds. The van der Waals surface area contributed by atoms with E-state index in [-0.39, 0.29) is 5.56 Å². The Kier molecular flexibility index (Phi) is 5.74. The number of rotatable bonds is 6. The molecule has 0 N–H and O–H groups in total. The van der Waals surface area contributed by atoms with E-state index >= 15 is 0 Å². The molecule has 0 saturated heterocycles. The summed E-state index contributed by atoms with van der Waals surface area (Å²) >= 11 is 1.30. The zero-order valence-corrected chi connectivity index (χ0v) is 20.8. The van der Waals surface area contributed by atoms with E-state index in [0.717, 1.165) is 39.6 Å². The van der Waals surface area contributed by atoms with Crippen LogP contribution in [-0.2, 0) is 0 Å². The van der Waals surface area contributed by atoms with E-state index in [4.69, 9.17) is 14.6 Å². The molecule has 6 rings (SSSR count). The van der Waals surface area contributed by atoms with E-state index in [1.54, 1.807) is 14.2 Å². The molecule has 0 saturated carbocycles. The standard InChI is InChI=1S/C28H21N5O3S/c1-35-22-12-8-18(9-13-22)25-20(17-32(30-25)21-6-4-3-5-7-21)16-24-27(34)33-28(37-24)29-26(31-33)19-10-14-23(36-2)15-11-19/h3-17H,1-2H3/b24-16-. The third-order valence-corrected chi connectivity index (χ3v) is 6.90. The quantitative estimate of drug-likeness (QED) is 0.335. The van der Waals surface area contributed by atoms with Crippen LogP contribution in [0.2, 0.25) is 0 Å².